The van der Waals surface area contributed by atoms with Crippen LogP contribution in [0.3, 0.4) is 0 Å². The Bertz CT molecular complexity index is 141. The van der Waals surface area contributed by atoms with Gasteiger partial charge in [0, 0.05) is 12.1 Å². The largest absolute Gasteiger partial charge is 0.394 e. The van der Waals surface area contributed by atoms with Gasteiger partial charge in [0.25, 0.3) is 0 Å². The molecule has 72 valence electrons. The Hall–Kier alpha value is -0.0800. The molecule has 0 amide bonds. The lowest BCUT2D eigenvalue weighted by Crippen LogP contribution is -2.47. The first-order chi connectivity index (χ1) is 5.56. The predicted molar refractivity (Wildman–Crippen MR) is 51.1 cm³/mol. The maximum Gasteiger partial charge on any atom is 0.0609 e. The molecule has 1 saturated carbocycles. The molecular formula is C10H21NO. The summed E-state index contributed by atoms with van der Waals surface area (Å²) in [6.07, 6.45) is 4.16. The molecule has 2 heteroatoms. The number of aliphatic hydroxyl groups is 1. The van der Waals surface area contributed by atoms with Crippen LogP contribution in [0.4, 0.5) is 0 Å². The summed E-state index contributed by atoms with van der Waals surface area (Å²) in [5, 5.41) is 9.13. The Labute approximate surface area is 75.6 Å². The van der Waals surface area contributed by atoms with Gasteiger partial charge in [-0.3, -0.25) is 4.90 Å². The van der Waals surface area contributed by atoms with Gasteiger partial charge in [0.05, 0.1) is 6.61 Å². The molecule has 0 aromatic rings. The summed E-state index contributed by atoms with van der Waals surface area (Å²) in [5.74, 6) is 0.890. The van der Waals surface area contributed by atoms with Crippen LogP contribution in [0, 0.1) is 5.92 Å². The second-order valence-electron chi connectivity index (χ2n) is 4.65. The van der Waals surface area contributed by atoms with Gasteiger partial charge in [-0.05, 0) is 39.7 Å². The van der Waals surface area contributed by atoms with Crippen LogP contribution in [0.5, 0.6) is 0 Å². The van der Waals surface area contributed by atoms with Gasteiger partial charge in [0.15, 0.2) is 0 Å². The monoisotopic (exact) mass is 171 g/mol. The number of nitrogens with zero attached hydrogens (tertiary/aromatic N) is 1. The fraction of sp³-hybridized carbons (Fsp3) is 1.00. The van der Waals surface area contributed by atoms with E-state index in [1.807, 2.05) is 0 Å². The lowest BCUT2D eigenvalue weighted by Gasteiger charge is -2.38. The van der Waals surface area contributed by atoms with Crippen LogP contribution in [0.1, 0.15) is 33.1 Å². The highest BCUT2D eigenvalue weighted by molar-refractivity contribution is 4.82. The maximum atomic E-state index is 9.13. The molecule has 2 nitrogen and oxygen atoms in total. The highest BCUT2D eigenvalue weighted by atomic mass is 16.3. The molecule has 0 aromatic carbocycles. The molecule has 1 fully saturated rings. The Kier molecular flexibility index (Phi) is 3.13. The van der Waals surface area contributed by atoms with Gasteiger partial charge in [-0.25, -0.2) is 0 Å². The first kappa shape index (κ1) is 10.0. The molecule has 0 saturated heterocycles. The average molecular weight is 171 g/mol. The molecule has 0 heterocycles. The van der Waals surface area contributed by atoms with E-state index in [1.165, 1.54) is 19.3 Å². The first-order valence-electron chi connectivity index (χ1n) is 4.88. The summed E-state index contributed by atoms with van der Waals surface area (Å²) in [6, 6.07) is 0. The first-order valence-corrected chi connectivity index (χ1v) is 4.88. The van der Waals surface area contributed by atoms with Gasteiger partial charge in [0.2, 0.25) is 0 Å². The van der Waals surface area contributed by atoms with Crippen molar-refractivity contribution in [2.45, 2.75) is 38.6 Å². The topological polar surface area (TPSA) is 23.5 Å². The third kappa shape index (κ3) is 2.20. The minimum atomic E-state index is -0.0460. The lowest BCUT2D eigenvalue weighted by molar-refractivity contribution is 0.0541. The summed E-state index contributed by atoms with van der Waals surface area (Å²) < 4.78 is 0. The van der Waals surface area contributed by atoms with Crippen molar-refractivity contribution in [3.63, 3.8) is 0 Å². The maximum absolute atomic E-state index is 9.13. The van der Waals surface area contributed by atoms with E-state index in [0.717, 1.165) is 12.5 Å². The smallest absolute Gasteiger partial charge is 0.0609 e. The van der Waals surface area contributed by atoms with Crippen LogP contribution in [-0.4, -0.2) is 35.7 Å². The third-order valence-electron chi connectivity index (χ3n) is 3.18. The number of rotatable bonds is 4. The summed E-state index contributed by atoms with van der Waals surface area (Å²) in [7, 11) is 2.11. The third-order valence-corrected chi connectivity index (χ3v) is 3.18. The van der Waals surface area contributed by atoms with E-state index in [4.69, 9.17) is 5.11 Å². The quantitative estimate of drug-likeness (QED) is 0.692. The average Bonchev–Trinajstić information content (AvgIpc) is 1.96. The number of hydrogen-bond donors (Lipinski definition) is 1. The van der Waals surface area contributed by atoms with Gasteiger partial charge in [-0.15, -0.1) is 0 Å². The van der Waals surface area contributed by atoms with Crippen LogP contribution < -0.4 is 0 Å². The van der Waals surface area contributed by atoms with Crippen LogP contribution in [0.25, 0.3) is 0 Å². The summed E-state index contributed by atoms with van der Waals surface area (Å²) in [6.45, 7) is 5.57. The molecule has 0 spiro atoms. The molecule has 12 heavy (non-hydrogen) atoms. The van der Waals surface area contributed by atoms with E-state index in [9.17, 15) is 0 Å². The summed E-state index contributed by atoms with van der Waals surface area (Å²) >= 11 is 0. The Morgan fingerprint density at radius 2 is 2.00 bits per heavy atom. The van der Waals surface area contributed by atoms with Crippen molar-refractivity contribution in [3.8, 4) is 0 Å². The Balaban J connectivity index is 2.30. The summed E-state index contributed by atoms with van der Waals surface area (Å²) in [5.41, 5.74) is -0.0460. The van der Waals surface area contributed by atoms with Crippen LogP contribution in [0.15, 0.2) is 0 Å². The zero-order valence-electron chi connectivity index (χ0n) is 8.51. The van der Waals surface area contributed by atoms with E-state index in [-0.39, 0.29) is 12.1 Å². The van der Waals surface area contributed by atoms with Crippen LogP contribution in [-0.2, 0) is 0 Å². The number of aliphatic hydroxyl groups excluding tert-OH is 1. The van der Waals surface area contributed by atoms with E-state index < -0.39 is 0 Å². The van der Waals surface area contributed by atoms with E-state index >= 15 is 0 Å². The van der Waals surface area contributed by atoms with Crippen molar-refractivity contribution in [1.29, 1.82) is 0 Å². The zero-order chi connectivity index (χ0) is 9.19. The van der Waals surface area contributed by atoms with Gasteiger partial charge in [-0.1, -0.05) is 6.42 Å². The number of likely N-dealkylation sites (N-methyl/N-ethyl adjacent to an activating group) is 1. The Morgan fingerprint density at radius 3 is 2.33 bits per heavy atom. The Morgan fingerprint density at radius 1 is 1.42 bits per heavy atom. The van der Waals surface area contributed by atoms with Crippen molar-refractivity contribution >= 4 is 0 Å². The molecule has 1 aliphatic rings. The summed E-state index contributed by atoms with van der Waals surface area (Å²) in [4.78, 5) is 2.27. The molecule has 1 aliphatic carbocycles. The molecule has 0 atom stereocenters. The highest BCUT2D eigenvalue weighted by Gasteiger charge is 2.27. The SMILES string of the molecule is CN(CC1CCC1)C(C)(C)CO. The molecule has 0 bridgehead atoms. The minimum Gasteiger partial charge on any atom is -0.394 e. The second kappa shape index (κ2) is 3.75. The van der Waals surface area contributed by atoms with Crippen molar-refractivity contribution in [1.82, 2.24) is 4.90 Å². The van der Waals surface area contributed by atoms with Crippen LogP contribution >= 0.6 is 0 Å². The normalized spacial score (nSPS) is 19.8. The van der Waals surface area contributed by atoms with Gasteiger partial charge in [-0.2, -0.15) is 0 Å². The molecule has 0 aromatic heterocycles. The molecule has 1 N–H and O–H groups in total. The molecule has 0 aliphatic heterocycles. The zero-order valence-corrected chi connectivity index (χ0v) is 8.51. The van der Waals surface area contributed by atoms with Gasteiger partial charge < -0.3 is 5.11 Å². The standard InChI is InChI=1S/C10H21NO/c1-10(2,8-12)11(3)7-9-5-4-6-9/h9,12H,4-8H2,1-3H3. The fourth-order valence-corrected chi connectivity index (χ4v) is 1.43. The fourth-order valence-electron chi connectivity index (χ4n) is 1.43. The van der Waals surface area contributed by atoms with Gasteiger partial charge in [0.1, 0.15) is 0 Å². The minimum absolute atomic E-state index is 0.0460. The van der Waals surface area contributed by atoms with Crippen LogP contribution in [0.2, 0.25) is 0 Å². The lowest BCUT2D eigenvalue weighted by atomic mass is 9.84. The van der Waals surface area contributed by atoms with E-state index in [0.29, 0.717) is 0 Å². The van der Waals surface area contributed by atoms with Crippen molar-refractivity contribution in [2.24, 2.45) is 5.92 Å². The second-order valence-corrected chi connectivity index (χ2v) is 4.65. The van der Waals surface area contributed by atoms with E-state index in [1.54, 1.807) is 0 Å². The molecule has 0 radical (unpaired) electrons. The van der Waals surface area contributed by atoms with Crippen molar-refractivity contribution in [2.75, 3.05) is 20.2 Å². The molecule has 1 rings (SSSR count). The van der Waals surface area contributed by atoms with Crippen molar-refractivity contribution < 1.29 is 5.11 Å². The van der Waals surface area contributed by atoms with Crippen molar-refractivity contribution in [3.05, 3.63) is 0 Å². The van der Waals surface area contributed by atoms with Gasteiger partial charge >= 0.3 is 0 Å². The molecular weight excluding hydrogens is 150 g/mol. The predicted octanol–water partition coefficient (Wildman–Crippen LogP) is 1.49. The molecule has 0 unspecified atom stereocenters. The van der Waals surface area contributed by atoms with E-state index in [2.05, 4.69) is 25.8 Å². The highest BCUT2D eigenvalue weighted by Crippen LogP contribution is 2.28. The number of hydrogen-bond acceptors (Lipinski definition) is 2.